The molecule has 4 rings (SSSR count). The zero-order valence-corrected chi connectivity index (χ0v) is 14.7. The van der Waals surface area contributed by atoms with Crippen LogP contribution in [0, 0.1) is 5.82 Å². The zero-order chi connectivity index (χ0) is 19.7. The molecule has 0 spiro atoms. The lowest BCUT2D eigenvalue weighted by molar-refractivity contribution is 0.101. The van der Waals surface area contributed by atoms with E-state index in [0.29, 0.717) is 22.6 Å². The Morgan fingerprint density at radius 2 is 1.82 bits per heavy atom. The maximum Gasteiger partial charge on any atom is 0.283 e. The number of hydrogen-bond donors (Lipinski definition) is 1. The first-order chi connectivity index (χ1) is 13.6. The second kappa shape index (κ2) is 6.95. The molecule has 0 saturated heterocycles. The highest BCUT2D eigenvalue weighted by Gasteiger charge is 2.13. The number of hydrogen-bond acceptors (Lipinski definition) is 5. The maximum absolute atomic E-state index is 13.1. The molecular weight excluding hydrogens is 365 g/mol. The molecule has 2 heterocycles. The Morgan fingerprint density at radius 3 is 2.50 bits per heavy atom. The van der Waals surface area contributed by atoms with Crippen molar-refractivity contribution >= 4 is 16.9 Å². The fraction of sp³-hybridized carbons (Fsp3) is 0.0526. The molecule has 0 fully saturated rings. The van der Waals surface area contributed by atoms with Crippen LogP contribution in [0.3, 0.4) is 0 Å². The Kier molecular flexibility index (Phi) is 4.32. The van der Waals surface area contributed by atoms with Crippen molar-refractivity contribution in [1.29, 1.82) is 0 Å². The van der Waals surface area contributed by atoms with Crippen LogP contribution < -0.4 is 15.7 Å². The lowest BCUT2D eigenvalue weighted by atomic mass is 10.2. The topological polar surface area (TPSA) is 91.0 Å². The van der Waals surface area contributed by atoms with Crippen molar-refractivity contribution in [1.82, 2.24) is 19.4 Å². The van der Waals surface area contributed by atoms with Crippen molar-refractivity contribution in [2.24, 2.45) is 0 Å². The van der Waals surface area contributed by atoms with Gasteiger partial charge in [0.05, 0.1) is 19.0 Å². The van der Waals surface area contributed by atoms with Crippen LogP contribution in [-0.4, -0.2) is 32.5 Å². The van der Waals surface area contributed by atoms with Gasteiger partial charge in [0.25, 0.3) is 11.5 Å². The van der Waals surface area contributed by atoms with Crippen LogP contribution in [0.5, 0.6) is 5.75 Å². The Balaban J connectivity index is 1.65. The number of rotatable bonds is 4. The summed E-state index contributed by atoms with van der Waals surface area (Å²) in [4.78, 5) is 29.2. The Hall–Kier alpha value is -4.01. The van der Waals surface area contributed by atoms with Gasteiger partial charge in [0.2, 0.25) is 0 Å². The van der Waals surface area contributed by atoms with E-state index in [4.69, 9.17) is 4.74 Å². The van der Waals surface area contributed by atoms with Crippen molar-refractivity contribution in [2.75, 3.05) is 12.5 Å². The quantitative estimate of drug-likeness (QED) is 0.586. The molecule has 1 amide bonds. The first-order valence-electron chi connectivity index (χ1n) is 8.23. The van der Waals surface area contributed by atoms with Gasteiger partial charge in [0.1, 0.15) is 23.3 Å². The minimum Gasteiger partial charge on any atom is -0.497 e. The minimum absolute atomic E-state index is 0.210. The van der Waals surface area contributed by atoms with Crippen LogP contribution in [0.15, 0.2) is 65.8 Å². The van der Waals surface area contributed by atoms with Crippen LogP contribution in [0.2, 0.25) is 0 Å². The van der Waals surface area contributed by atoms with E-state index >= 15 is 0 Å². The number of methoxy groups -OCH3 is 1. The number of nitrogens with zero attached hydrogens (tertiary/aromatic N) is 4. The first kappa shape index (κ1) is 17.4. The molecule has 0 radical (unpaired) electrons. The number of ether oxygens (including phenoxy) is 1. The van der Waals surface area contributed by atoms with Crippen molar-refractivity contribution in [3.05, 3.63) is 82.8 Å². The third kappa shape index (κ3) is 3.09. The predicted octanol–water partition coefficient (Wildman–Crippen LogP) is 2.11. The summed E-state index contributed by atoms with van der Waals surface area (Å²) in [7, 11) is 1.53. The fourth-order valence-corrected chi connectivity index (χ4v) is 2.68. The molecule has 0 unspecified atom stereocenters. The van der Waals surface area contributed by atoms with Gasteiger partial charge in [-0.25, -0.2) is 18.7 Å². The molecule has 8 nitrogen and oxygen atoms in total. The Bertz CT molecular complexity index is 1210. The van der Waals surface area contributed by atoms with Gasteiger partial charge in [-0.3, -0.25) is 15.0 Å². The van der Waals surface area contributed by atoms with Crippen molar-refractivity contribution in [3.8, 4) is 11.4 Å². The van der Waals surface area contributed by atoms with Crippen LogP contribution in [0.1, 0.15) is 10.4 Å². The largest absolute Gasteiger partial charge is 0.497 e. The number of carbonyl (C=O) groups is 1. The molecule has 0 aliphatic carbocycles. The number of halogens is 1. The van der Waals surface area contributed by atoms with E-state index in [2.05, 4.69) is 15.5 Å². The van der Waals surface area contributed by atoms with E-state index in [9.17, 15) is 14.0 Å². The van der Waals surface area contributed by atoms with E-state index < -0.39 is 11.5 Å². The number of fused-ring (bicyclic) bond motifs is 1. The van der Waals surface area contributed by atoms with Gasteiger partial charge in [-0.2, -0.15) is 5.10 Å². The number of aromatic nitrogens is 4. The lowest BCUT2D eigenvalue weighted by Gasteiger charge is -2.08. The molecule has 1 N–H and O–H groups in total. The van der Waals surface area contributed by atoms with Crippen molar-refractivity contribution < 1.29 is 13.9 Å². The normalized spacial score (nSPS) is 10.8. The predicted molar refractivity (Wildman–Crippen MR) is 99.8 cm³/mol. The molecule has 4 aromatic rings. The monoisotopic (exact) mass is 379 g/mol. The van der Waals surface area contributed by atoms with Gasteiger partial charge < -0.3 is 4.74 Å². The van der Waals surface area contributed by atoms with Gasteiger partial charge in [0, 0.05) is 5.56 Å². The summed E-state index contributed by atoms with van der Waals surface area (Å²) in [5.74, 6) is -0.237. The highest BCUT2D eigenvalue weighted by molar-refractivity contribution is 6.00. The van der Waals surface area contributed by atoms with Crippen LogP contribution in [-0.2, 0) is 0 Å². The highest BCUT2D eigenvalue weighted by atomic mass is 19.1. The minimum atomic E-state index is -0.486. The fourth-order valence-electron chi connectivity index (χ4n) is 2.68. The highest BCUT2D eigenvalue weighted by Crippen LogP contribution is 2.14. The van der Waals surface area contributed by atoms with Gasteiger partial charge in [-0.1, -0.05) is 0 Å². The molecule has 2 aromatic carbocycles. The average molecular weight is 379 g/mol. The SMILES string of the molecule is COc1ccc(C(=O)Nn2cnc3c(cnn3-c3ccc(F)cc3)c2=O)cc1. The van der Waals surface area contributed by atoms with Crippen LogP contribution >= 0.6 is 0 Å². The summed E-state index contributed by atoms with van der Waals surface area (Å²) in [6.45, 7) is 0. The van der Waals surface area contributed by atoms with Crippen molar-refractivity contribution in [3.63, 3.8) is 0 Å². The number of amides is 1. The maximum atomic E-state index is 13.1. The van der Waals surface area contributed by atoms with Crippen LogP contribution in [0.4, 0.5) is 4.39 Å². The van der Waals surface area contributed by atoms with Gasteiger partial charge in [-0.05, 0) is 48.5 Å². The molecule has 0 atom stereocenters. The third-order valence-corrected chi connectivity index (χ3v) is 4.13. The molecule has 28 heavy (non-hydrogen) atoms. The molecule has 0 aliphatic heterocycles. The summed E-state index contributed by atoms with van der Waals surface area (Å²) in [5, 5.41) is 4.36. The molecule has 9 heteroatoms. The van der Waals surface area contributed by atoms with E-state index in [1.807, 2.05) is 0 Å². The van der Waals surface area contributed by atoms with Gasteiger partial charge >= 0.3 is 0 Å². The molecule has 0 bridgehead atoms. The van der Waals surface area contributed by atoms with E-state index in [1.54, 1.807) is 24.3 Å². The average Bonchev–Trinajstić information content (AvgIpc) is 3.15. The Morgan fingerprint density at radius 1 is 1.11 bits per heavy atom. The van der Waals surface area contributed by atoms with Crippen molar-refractivity contribution in [2.45, 2.75) is 0 Å². The molecule has 2 aromatic heterocycles. The smallest absolute Gasteiger partial charge is 0.283 e. The van der Waals surface area contributed by atoms with Gasteiger partial charge in [0.15, 0.2) is 5.65 Å². The summed E-state index contributed by atoms with van der Waals surface area (Å²) >= 11 is 0. The standard InChI is InChI=1S/C19H14FN5O3/c1-28-15-8-2-12(3-9-15)18(26)23-24-11-21-17-16(19(24)27)10-22-25(17)14-6-4-13(20)5-7-14/h2-11H,1H3,(H,23,26). The Labute approximate surface area is 157 Å². The second-order valence-corrected chi connectivity index (χ2v) is 5.86. The van der Waals surface area contributed by atoms with Crippen LogP contribution in [0.25, 0.3) is 16.7 Å². The van der Waals surface area contributed by atoms with E-state index in [0.717, 1.165) is 4.68 Å². The zero-order valence-electron chi connectivity index (χ0n) is 14.7. The summed E-state index contributed by atoms with van der Waals surface area (Å²) in [5.41, 5.74) is 3.21. The first-order valence-corrected chi connectivity index (χ1v) is 8.23. The van der Waals surface area contributed by atoms with E-state index in [-0.39, 0.29) is 11.2 Å². The van der Waals surface area contributed by atoms with Gasteiger partial charge in [-0.15, -0.1) is 0 Å². The second-order valence-electron chi connectivity index (χ2n) is 5.86. The molecule has 0 aliphatic rings. The number of nitrogens with one attached hydrogen (secondary N) is 1. The van der Waals surface area contributed by atoms with E-state index in [1.165, 1.54) is 48.6 Å². The molecule has 140 valence electrons. The summed E-state index contributed by atoms with van der Waals surface area (Å²) in [6, 6.07) is 12.1. The number of benzene rings is 2. The number of carbonyl (C=O) groups excluding carboxylic acids is 1. The molecular formula is C19H14FN5O3. The third-order valence-electron chi connectivity index (χ3n) is 4.13. The summed E-state index contributed by atoms with van der Waals surface area (Å²) in [6.07, 6.45) is 2.55. The lowest BCUT2D eigenvalue weighted by Crippen LogP contribution is -2.33. The summed E-state index contributed by atoms with van der Waals surface area (Å²) < 4.78 is 20.6. The molecule has 0 saturated carbocycles.